The van der Waals surface area contributed by atoms with Gasteiger partial charge in [0.2, 0.25) is 0 Å². The Morgan fingerprint density at radius 3 is 2.91 bits per heavy atom. The molecule has 11 heavy (non-hydrogen) atoms. The molecule has 0 aromatic carbocycles. The molecule has 3 heteroatoms. The van der Waals surface area contributed by atoms with E-state index in [-0.39, 0.29) is 6.10 Å². The van der Waals surface area contributed by atoms with E-state index in [0.29, 0.717) is 6.04 Å². The van der Waals surface area contributed by atoms with E-state index in [1.165, 1.54) is 17.9 Å². The first kappa shape index (κ1) is 9.36. The van der Waals surface area contributed by atoms with Crippen LogP contribution in [-0.2, 0) is 0 Å². The molecule has 2 nitrogen and oxygen atoms in total. The number of hydrogen-bond acceptors (Lipinski definition) is 3. The molecule has 0 radical (unpaired) electrons. The Kier molecular flexibility index (Phi) is 3.69. The van der Waals surface area contributed by atoms with Crippen LogP contribution in [0, 0.1) is 0 Å². The molecular formula is C8H17NOS. The second-order valence-electron chi connectivity index (χ2n) is 3.31. The summed E-state index contributed by atoms with van der Waals surface area (Å²) >= 11 is 2.01. The van der Waals surface area contributed by atoms with Crippen LogP contribution in [0.2, 0.25) is 0 Å². The first-order chi connectivity index (χ1) is 5.20. The molecule has 0 amide bonds. The number of aliphatic hydroxyl groups excluding tert-OH is 1. The maximum Gasteiger partial charge on any atom is 0.0639 e. The summed E-state index contributed by atoms with van der Waals surface area (Å²) < 4.78 is 0. The van der Waals surface area contributed by atoms with Gasteiger partial charge in [0.15, 0.2) is 0 Å². The predicted octanol–water partition coefficient (Wildman–Crippen LogP) is 0.804. The second kappa shape index (κ2) is 4.33. The van der Waals surface area contributed by atoms with Crippen LogP contribution in [0.15, 0.2) is 0 Å². The minimum absolute atomic E-state index is 0.189. The van der Waals surface area contributed by atoms with Crippen molar-refractivity contribution in [2.45, 2.75) is 25.5 Å². The van der Waals surface area contributed by atoms with Gasteiger partial charge < -0.3 is 10.0 Å². The lowest BCUT2D eigenvalue weighted by Crippen LogP contribution is -2.36. The van der Waals surface area contributed by atoms with E-state index < -0.39 is 0 Å². The van der Waals surface area contributed by atoms with Crippen LogP contribution in [-0.4, -0.2) is 47.3 Å². The first-order valence-electron chi connectivity index (χ1n) is 4.16. The van der Waals surface area contributed by atoms with E-state index in [4.69, 9.17) is 5.11 Å². The molecule has 1 N–H and O–H groups in total. The van der Waals surface area contributed by atoms with Gasteiger partial charge in [-0.3, -0.25) is 0 Å². The van der Waals surface area contributed by atoms with Crippen molar-refractivity contribution in [3.63, 3.8) is 0 Å². The summed E-state index contributed by atoms with van der Waals surface area (Å²) in [5.41, 5.74) is 0. The van der Waals surface area contributed by atoms with Crippen molar-refractivity contribution < 1.29 is 5.11 Å². The Labute approximate surface area is 73.0 Å². The van der Waals surface area contributed by atoms with Crippen molar-refractivity contribution in [2.75, 3.05) is 25.1 Å². The topological polar surface area (TPSA) is 23.5 Å². The summed E-state index contributed by atoms with van der Waals surface area (Å²) in [6, 6.07) is 0.703. The summed E-state index contributed by atoms with van der Waals surface area (Å²) in [7, 11) is 2.10. The molecule has 66 valence electrons. The van der Waals surface area contributed by atoms with Crippen LogP contribution in [0.5, 0.6) is 0 Å². The molecule has 0 saturated carbocycles. The summed E-state index contributed by atoms with van der Waals surface area (Å²) in [4.78, 5) is 2.27. The van der Waals surface area contributed by atoms with Gasteiger partial charge in [-0.15, -0.1) is 0 Å². The maximum atomic E-state index is 9.13. The number of likely N-dealkylation sites (N-methyl/N-ethyl adjacent to an activating group) is 1. The molecule has 0 aliphatic carbocycles. The zero-order valence-electron chi connectivity index (χ0n) is 7.29. The fraction of sp³-hybridized carbons (Fsp3) is 1.00. The van der Waals surface area contributed by atoms with E-state index >= 15 is 0 Å². The minimum atomic E-state index is -0.189. The SMILES string of the molecule is C[C@@H](O)CN(C)C1CCSC1. The molecule has 1 unspecified atom stereocenters. The molecule has 0 aromatic rings. The molecule has 1 aliphatic heterocycles. The molecule has 0 aromatic heterocycles. The normalized spacial score (nSPS) is 27.8. The molecule has 1 aliphatic rings. The van der Waals surface area contributed by atoms with E-state index in [0.717, 1.165) is 6.54 Å². The van der Waals surface area contributed by atoms with Crippen LogP contribution in [0.4, 0.5) is 0 Å². The molecular weight excluding hydrogens is 158 g/mol. The van der Waals surface area contributed by atoms with Crippen molar-refractivity contribution >= 4 is 11.8 Å². The molecule has 2 atom stereocenters. The Bertz CT molecular complexity index is 113. The largest absolute Gasteiger partial charge is 0.392 e. The third-order valence-electron chi connectivity index (χ3n) is 2.08. The van der Waals surface area contributed by atoms with Crippen molar-refractivity contribution in [3.05, 3.63) is 0 Å². The van der Waals surface area contributed by atoms with Gasteiger partial charge in [-0.25, -0.2) is 0 Å². The van der Waals surface area contributed by atoms with Crippen LogP contribution in [0.3, 0.4) is 0 Å². The van der Waals surface area contributed by atoms with Gasteiger partial charge >= 0.3 is 0 Å². The lowest BCUT2D eigenvalue weighted by molar-refractivity contribution is 0.123. The number of rotatable bonds is 3. The Hall–Kier alpha value is 0.270. The van der Waals surface area contributed by atoms with Crippen LogP contribution in [0.1, 0.15) is 13.3 Å². The van der Waals surface area contributed by atoms with Crippen LogP contribution < -0.4 is 0 Å². The van der Waals surface area contributed by atoms with Gasteiger partial charge in [0, 0.05) is 18.3 Å². The van der Waals surface area contributed by atoms with Gasteiger partial charge in [-0.05, 0) is 26.1 Å². The number of hydrogen-bond donors (Lipinski definition) is 1. The first-order valence-corrected chi connectivity index (χ1v) is 5.31. The van der Waals surface area contributed by atoms with E-state index in [2.05, 4.69) is 11.9 Å². The Balaban J connectivity index is 2.22. The van der Waals surface area contributed by atoms with Gasteiger partial charge in [0.25, 0.3) is 0 Å². The van der Waals surface area contributed by atoms with Crippen LogP contribution >= 0.6 is 11.8 Å². The standard InChI is InChI=1S/C8H17NOS/c1-7(10)5-9(2)8-3-4-11-6-8/h7-8,10H,3-6H2,1-2H3/t7-,8?/m1/s1. The molecule has 1 fully saturated rings. The second-order valence-corrected chi connectivity index (χ2v) is 4.46. The smallest absolute Gasteiger partial charge is 0.0639 e. The van der Waals surface area contributed by atoms with Crippen molar-refractivity contribution in [3.8, 4) is 0 Å². The number of aliphatic hydroxyl groups is 1. The molecule has 0 spiro atoms. The van der Waals surface area contributed by atoms with Crippen molar-refractivity contribution in [1.82, 2.24) is 4.90 Å². The van der Waals surface area contributed by atoms with Crippen LogP contribution in [0.25, 0.3) is 0 Å². The van der Waals surface area contributed by atoms with Gasteiger partial charge in [-0.1, -0.05) is 0 Å². The Morgan fingerprint density at radius 2 is 2.45 bits per heavy atom. The third kappa shape index (κ3) is 3.01. The zero-order chi connectivity index (χ0) is 8.27. The minimum Gasteiger partial charge on any atom is -0.392 e. The Morgan fingerprint density at radius 1 is 1.73 bits per heavy atom. The number of thioether (sulfide) groups is 1. The summed E-state index contributed by atoms with van der Waals surface area (Å²) in [6.07, 6.45) is 1.10. The lowest BCUT2D eigenvalue weighted by Gasteiger charge is -2.24. The lowest BCUT2D eigenvalue weighted by atomic mass is 10.2. The summed E-state index contributed by atoms with van der Waals surface area (Å²) in [5.74, 6) is 2.53. The van der Waals surface area contributed by atoms with Gasteiger partial charge in [-0.2, -0.15) is 11.8 Å². The average molecular weight is 175 g/mol. The summed E-state index contributed by atoms with van der Waals surface area (Å²) in [5, 5.41) is 9.13. The van der Waals surface area contributed by atoms with E-state index in [9.17, 15) is 0 Å². The average Bonchev–Trinajstić information content (AvgIpc) is 2.35. The van der Waals surface area contributed by atoms with Gasteiger partial charge in [0.1, 0.15) is 0 Å². The predicted molar refractivity (Wildman–Crippen MR) is 50.0 cm³/mol. The molecule has 1 heterocycles. The quantitative estimate of drug-likeness (QED) is 0.686. The van der Waals surface area contributed by atoms with E-state index in [1.807, 2.05) is 18.7 Å². The highest BCUT2D eigenvalue weighted by Gasteiger charge is 2.20. The maximum absolute atomic E-state index is 9.13. The molecule has 1 rings (SSSR count). The monoisotopic (exact) mass is 175 g/mol. The summed E-state index contributed by atoms with van der Waals surface area (Å²) in [6.45, 7) is 2.66. The molecule has 0 bridgehead atoms. The van der Waals surface area contributed by atoms with Gasteiger partial charge in [0.05, 0.1) is 6.10 Å². The highest BCUT2D eigenvalue weighted by atomic mass is 32.2. The fourth-order valence-electron chi connectivity index (χ4n) is 1.44. The zero-order valence-corrected chi connectivity index (χ0v) is 8.10. The highest BCUT2D eigenvalue weighted by molar-refractivity contribution is 7.99. The van der Waals surface area contributed by atoms with E-state index in [1.54, 1.807) is 0 Å². The van der Waals surface area contributed by atoms with Crippen molar-refractivity contribution in [2.24, 2.45) is 0 Å². The van der Waals surface area contributed by atoms with Crippen molar-refractivity contribution in [1.29, 1.82) is 0 Å². The third-order valence-corrected chi connectivity index (χ3v) is 3.23. The number of nitrogens with zero attached hydrogens (tertiary/aromatic N) is 1. The molecule has 1 saturated heterocycles. The fourth-order valence-corrected chi connectivity index (χ4v) is 2.73. The highest BCUT2D eigenvalue weighted by Crippen LogP contribution is 2.21.